The summed E-state index contributed by atoms with van der Waals surface area (Å²) >= 11 is 1.72. The van der Waals surface area contributed by atoms with Crippen LogP contribution in [0.2, 0.25) is 0 Å². The Morgan fingerprint density at radius 2 is 2.00 bits per heavy atom. The van der Waals surface area contributed by atoms with E-state index < -0.39 is 0 Å². The number of hydrogen-bond donors (Lipinski definition) is 2. The number of aromatic nitrogens is 2. The molecule has 1 saturated heterocycles. The lowest BCUT2D eigenvalue weighted by molar-refractivity contribution is 0.323. The molecule has 0 spiro atoms. The van der Waals surface area contributed by atoms with Crippen LogP contribution in [-0.4, -0.2) is 40.2 Å². The van der Waals surface area contributed by atoms with E-state index in [-0.39, 0.29) is 11.8 Å². The van der Waals surface area contributed by atoms with Crippen molar-refractivity contribution in [1.82, 2.24) is 14.9 Å². The molecule has 1 aromatic carbocycles. The van der Waals surface area contributed by atoms with E-state index in [0.29, 0.717) is 0 Å². The van der Waals surface area contributed by atoms with Gasteiger partial charge in [0.15, 0.2) is 0 Å². The lowest BCUT2D eigenvalue weighted by Gasteiger charge is -2.19. The minimum absolute atomic E-state index is 0.137. The number of hydrogen-bond acceptors (Lipinski definition) is 7. The van der Waals surface area contributed by atoms with Gasteiger partial charge in [0.2, 0.25) is 0 Å². The third-order valence-electron chi connectivity index (χ3n) is 5.69. The highest BCUT2D eigenvalue weighted by molar-refractivity contribution is 7.18. The number of likely N-dealkylation sites (tertiary alicyclic amines) is 1. The normalized spacial score (nSPS) is 15.7. The minimum atomic E-state index is -0.137. The van der Waals surface area contributed by atoms with E-state index in [2.05, 4.69) is 24.1 Å². The largest absolute Gasteiger partial charge is 0.508 e. The molecule has 3 aromatic rings. The van der Waals surface area contributed by atoms with Crippen LogP contribution in [-0.2, 0) is 6.54 Å². The van der Waals surface area contributed by atoms with E-state index in [1.54, 1.807) is 30.6 Å². The van der Waals surface area contributed by atoms with Crippen molar-refractivity contribution >= 4 is 27.4 Å². The molecule has 1 atom stereocenters. The van der Waals surface area contributed by atoms with Gasteiger partial charge in [-0.1, -0.05) is 0 Å². The number of nitrogens with one attached hydrogen (secondary N) is 1. The maximum atomic E-state index is 10.4. The monoisotopic (exact) mass is 412 g/mol. The second kappa shape index (κ2) is 8.16. The maximum Gasteiger partial charge on any atom is 0.146 e. The number of rotatable bonds is 6. The Bertz CT molecular complexity index is 1030. The third-order valence-corrected chi connectivity index (χ3v) is 6.79. The quantitative estimate of drug-likeness (QED) is 0.606. The molecule has 29 heavy (non-hydrogen) atoms. The molecule has 0 aliphatic carbocycles. The van der Waals surface area contributed by atoms with Gasteiger partial charge in [-0.2, -0.15) is 0 Å². The van der Waals surface area contributed by atoms with E-state index in [4.69, 9.17) is 14.7 Å². The summed E-state index contributed by atoms with van der Waals surface area (Å²) in [6.07, 6.45) is 2.49. The van der Waals surface area contributed by atoms with Crippen LogP contribution in [0.1, 0.15) is 47.6 Å². The fourth-order valence-corrected chi connectivity index (χ4v) is 4.95. The van der Waals surface area contributed by atoms with Crippen LogP contribution < -0.4 is 10.1 Å². The summed E-state index contributed by atoms with van der Waals surface area (Å²) in [4.78, 5) is 14.5. The molecule has 1 aliphatic heterocycles. The van der Waals surface area contributed by atoms with E-state index >= 15 is 0 Å². The summed E-state index contributed by atoms with van der Waals surface area (Å²) in [5, 5.41) is 15.0. The van der Waals surface area contributed by atoms with Crippen LogP contribution >= 0.6 is 11.3 Å². The fourth-order valence-electron chi connectivity index (χ4n) is 3.90. The number of phenols is 1. The first-order valence-corrected chi connectivity index (χ1v) is 10.9. The zero-order valence-electron chi connectivity index (χ0n) is 17.5. The van der Waals surface area contributed by atoms with Gasteiger partial charge < -0.3 is 15.2 Å². The first-order valence-electron chi connectivity index (χ1n) is 10.1. The highest BCUT2D eigenvalue weighted by atomic mass is 32.1. The van der Waals surface area contributed by atoms with Gasteiger partial charge in [-0.25, -0.2) is 9.97 Å². The van der Waals surface area contributed by atoms with Crippen LogP contribution in [0.25, 0.3) is 10.2 Å². The van der Waals surface area contributed by atoms with Crippen LogP contribution in [0.15, 0.2) is 18.2 Å². The predicted octanol–water partition coefficient (Wildman–Crippen LogP) is 4.79. The van der Waals surface area contributed by atoms with Gasteiger partial charge in [-0.05, 0) is 70.5 Å². The molecular formula is C22H28N4O2S. The molecule has 1 fully saturated rings. The number of nitrogens with zero attached hydrogens (tertiary/aromatic N) is 3. The Labute approximate surface area is 175 Å². The van der Waals surface area contributed by atoms with E-state index in [1.807, 2.05) is 13.0 Å². The highest BCUT2D eigenvalue weighted by Gasteiger charge is 2.20. The number of methoxy groups -OCH3 is 1. The molecule has 0 radical (unpaired) electrons. The van der Waals surface area contributed by atoms with Crippen molar-refractivity contribution in [3.05, 3.63) is 40.0 Å². The number of aromatic hydroxyl groups is 1. The van der Waals surface area contributed by atoms with Gasteiger partial charge in [0.05, 0.1) is 25.1 Å². The van der Waals surface area contributed by atoms with Crippen molar-refractivity contribution in [1.29, 1.82) is 0 Å². The molecule has 4 rings (SSSR count). The highest BCUT2D eigenvalue weighted by Crippen LogP contribution is 2.36. The maximum absolute atomic E-state index is 10.4. The average Bonchev–Trinajstić information content (AvgIpc) is 3.30. The van der Waals surface area contributed by atoms with Gasteiger partial charge >= 0.3 is 0 Å². The van der Waals surface area contributed by atoms with Crippen molar-refractivity contribution in [3.63, 3.8) is 0 Å². The number of thiophene rings is 1. The Balaban J connectivity index is 1.71. The lowest BCUT2D eigenvalue weighted by atomic mass is 10.1. The smallest absolute Gasteiger partial charge is 0.146 e. The number of fused-ring (bicyclic) bond motifs is 1. The Kier molecular flexibility index (Phi) is 5.61. The molecular weight excluding hydrogens is 384 g/mol. The van der Waals surface area contributed by atoms with Gasteiger partial charge in [0.25, 0.3) is 0 Å². The van der Waals surface area contributed by atoms with Crippen LogP contribution in [0.4, 0.5) is 5.82 Å². The first-order chi connectivity index (χ1) is 14.0. The molecule has 0 bridgehead atoms. The van der Waals surface area contributed by atoms with Crippen molar-refractivity contribution < 1.29 is 9.84 Å². The molecule has 2 N–H and O–H groups in total. The Hall–Kier alpha value is -2.38. The van der Waals surface area contributed by atoms with Crippen molar-refractivity contribution in [2.45, 2.75) is 46.2 Å². The molecule has 3 heterocycles. The van der Waals surface area contributed by atoms with Crippen molar-refractivity contribution in [2.24, 2.45) is 0 Å². The molecule has 154 valence electrons. The van der Waals surface area contributed by atoms with Crippen LogP contribution in [0.3, 0.4) is 0 Å². The summed E-state index contributed by atoms with van der Waals surface area (Å²) < 4.78 is 5.33. The van der Waals surface area contributed by atoms with Gasteiger partial charge in [0.1, 0.15) is 28.0 Å². The molecule has 2 aromatic heterocycles. The molecule has 7 heteroatoms. The fraction of sp³-hybridized carbons (Fsp3) is 0.455. The van der Waals surface area contributed by atoms with Gasteiger partial charge in [0, 0.05) is 10.4 Å². The Morgan fingerprint density at radius 3 is 2.72 bits per heavy atom. The number of phenolic OH excluding ortho intramolecular Hbond substituents is 1. The summed E-state index contributed by atoms with van der Waals surface area (Å²) in [5.41, 5.74) is 1.99. The van der Waals surface area contributed by atoms with E-state index in [9.17, 15) is 5.11 Å². The molecule has 6 nitrogen and oxygen atoms in total. The SMILES string of the molecule is COc1ccc(O)c(C(C)Nc2nc(CN3CCCC3)nc3sc(C)c(C)c23)c1. The molecule has 1 aliphatic rings. The molecule has 0 amide bonds. The van der Waals surface area contributed by atoms with Crippen LogP contribution in [0.5, 0.6) is 11.5 Å². The third kappa shape index (κ3) is 4.02. The predicted molar refractivity (Wildman–Crippen MR) is 118 cm³/mol. The molecule has 0 saturated carbocycles. The van der Waals surface area contributed by atoms with Crippen molar-refractivity contribution in [2.75, 3.05) is 25.5 Å². The second-order valence-corrected chi connectivity index (χ2v) is 8.93. The number of ether oxygens (including phenoxy) is 1. The average molecular weight is 413 g/mol. The standard InChI is InChI=1S/C22H28N4O2S/c1-13-15(3)29-22-20(13)21(24-19(25-22)12-26-9-5-6-10-26)23-14(2)17-11-16(28-4)7-8-18(17)27/h7-8,11,14,27H,5-6,9-10,12H2,1-4H3,(H,23,24,25). The molecule has 1 unspecified atom stereocenters. The van der Waals surface area contributed by atoms with Gasteiger partial charge in [-0.15, -0.1) is 11.3 Å². The second-order valence-electron chi connectivity index (χ2n) is 7.73. The summed E-state index contributed by atoms with van der Waals surface area (Å²) in [7, 11) is 1.63. The van der Waals surface area contributed by atoms with E-state index in [0.717, 1.165) is 52.8 Å². The zero-order chi connectivity index (χ0) is 20.5. The van der Waals surface area contributed by atoms with Crippen LogP contribution in [0, 0.1) is 13.8 Å². The summed E-state index contributed by atoms with van der Waals surface area (Å²) in [6.45, 7) is 9.28. The minimum Gasteiger partial charge on any atom is -0.508 e. The zero-order valence-corrected chi connectivity index (χ0v) is 18.3. The first kappa shape index (κ1) is 19.9. The summed E-state index contributed by atoms with van der Waals surface area (Å²) in [5.74, 6) is 2.65. The van der Waals surface area contributed by atoms with E-state index in [1.165, 1.54) is 23.3 Å². The summed E-state index contributed by atoms with van der Waals surface area (Å²) in [6, 6.07) is 5.15. The number of anilines is 1. The number of aryl methyl sites for hydroxylation is 2. The number of benzene rings is 1. The van der Waals surface area contributed by atoms with Gasteiger partial charge in [-0.3, -0.25) is 4.90 Å². The topological polar surface area (TPSA) is 70.5 Å². The Morgan fingerprint density at radius 1 is 1.24 bits per heavy atom. The lowest BCUT2D eigenvalue weighted by Crippen LogP contribution is -2.20. The van der Waals surface area contributed by atoms with Crippen molar-refractivity contribution in [3.8, 4) is 11.5 Å².